The minimum Gasteiger partial charge on any atom is -0.315 e. The van der Waals surface area contributed by atoms with E-state index < -0.39 is 0 Å². The summed E-state index contributed by atoms with van der Waals surface area (Å²) in [5.74, 6) is 1.11. The molecule has 0 radical (unpaired) electrons. The number of Topliss-reactive ketones (excluding diaryl/α,β-unsaturated/α-hetero) is 1. The number of nitrogens with zero attached hydrogens (tertiary/aromatic N) is 1. The third-order valence-electron chi connectivity index (χ3n) is 4.06. The summed E-state index contributed by atoms with van der Waals surface area (Å²) >= 11 is 0. The molecule has 0 aromatic heterocycles. The summed E-state index contributed by atoms with van der Waals surface area (Å²) in [5.41, 5.74) is -0.204. The van der Waals surface area contributed by atoms with Crippen LogP contribution >= 0.6 is 0 Å². The van der Waals surface area contributed by atoms with Crippen LogP contribution in [0, 0.1) is 11.3 Å². The molecule has 3 atom stereocenters. The maximum atomic E-state index is 12.4. The van der Waals surface area contributed by atoms with Crippen LogP contribution in [0.4, 0.5) is 0 Å². The Labute approximate surface area is 98.6 Å². The SMILES string of the molecule is CCN1C(C(=O)C(C)(C)C)CC2CNCC21. The zero-order valence-corrected chi connectivity index (χ0v) is 10.9. The molecule has 3 heteroatoms. The highest BCUT2D eigenvalue weighted by molar-refractivity contribution is 5.89. The van der Waals surface area contributed by atoms with Gasteiger partial charge in [-0.1, -0.05) is 27.7 Å². The van der Waals surface area contributed by atoms with Crippen molar-refractivity contribution in [3.63, 3.8) is 0 Å². The van der Waals surface area contributed by atoms with Gasteiger partial charge in [0.2, 0.25) is 0 Å². The Morgan fingerprint density at radius 2 is 2.06 bits per heavy atom. The van der Waals surface area contributed by atoms with Crippen LogP contribution in [-0.2, 0) is 4.79 Å². The molecule has 3 nitrogen and oxygen atoms in total. The molecule has 0 bridgehead atoms. The van der Waals surface area contributed by atoms with E-state index in [-0.39, 0.29) is 11.5 Å². The van der Waals surface area contributed by atoms with Gasteiger partial charge < -0.3 is 5.32 Å². The Morgan fingerprint density at radius 3 is 2.62 bits per heavy atom. The lowest BCUT2D eigenvalue weighted by Gasteiger charge is -2.31. The van der Waals surface area contributed by atoms with Gasteiger partial charge in [0.1, 0.15) is 0 Å². The van der Waals surface area contributed by atoms with Gasteiger partial charge in [0.15, 0.2) is 5.78 Å². The van der Waals surface area contributed by atoms with Crippen molar-refractivity contribution in [2.24, 2.45) is 11.3 Å². The number of likely N-dealkylation sites (N-methyl/N-ethyl adjacent to an activating group) is 1. The van der Waals surface area contributed by atoms with E-state index in [4.69, 9.17) is 0 Å². The predicted octanol–water partition coefficient (Wildman–Crippen LogP) is 1.28. The number of fused-ring (bicyclic) bond motifs is 1. The van der Waals surface area contributed by atoms with E-state index in [9.17, 15) is 4.79 Å². The highest BCUT2D eigenvalue weighted by atomic mass is 16.1. The van der Waals surface area contributed by atoms with Gasteiger partial charge in [0, 0.05) is 18.0 Å². The molecule has 1 N–H and O–H groups in total. The molecule has 0 amide bonds. The van der Waals surface area contributed by atoms with Crippen LogP contribution in [0.5, 0.6) is 0 Å². The van der Waals surface area contributed by atoms with Crippen LogP contribution in [0.3, 0.4) is 0 Å². The summed E-state index contributed by atoms with van der Waals surface area (Å²) in [6.45, 7) is 11.4. The van der Waals surface area contributed by atoms with Gasteiger partial charge in [0.25, 0.3) is 0 Å². The topological polar surface area (TPSA) is 32.3 Å². The number of ketones is 1. The minimum atomic E-state index is -0.204. The lowest BCUT2D eigenvalue weighted by atomic mass is 9.84. The fraction of sp³-hybridized carbons (Fsp3) is 0.923. The van der Waals surface area contributed by atoms with Crippen LogP contribution in [0.25, 0.3) is 0 Å². The number of likely N-dealkylation sites (tertiary alicyclic amines) is 1. The fourth-order valence-corrected chi connectivity index (χ4v) is 3.21. The molecular formula is C13H24N2O. The summed E-state index contributed by atoms with van der Waals surface area (Å²) in [6.07, 6.45) is 1.06. The van der Waals surface area contributed by atoms with Gasteiger partial charge in [-0.25, -0.2) is 0 Å². The quantitative estimate of drug-likeness (QED) is 0.767. The first kappa shape index (κ1) is 12.1. The minimum absolute atomic E-state index is 0.169. The van der Waals surface area contributed by atoms with E-state index in [2.05, 4.69) is 17.1 Å². The Morgan fingerprint density at radius 1 is 1.38 bits per heavy atom. The van der Waals surface area contributed by atoms with Crippen molar-refractivity contribution in [3.05, 3.63) is 0 Å². The highest BCUT2D eigenvalue weighted by Crippen LogP contribution is 2.35. The maximum Gasteiger partial charge on any atom is 0.155 e. The number of hydrogen-bond acceptors (Lipinski definition) is 3. The van der Waals surface area contributed by atoms with Crippen LogP contribution in [-0.4, -0.2) is 42.4 Å². The molecule has 0 saturated carbocycles. The summed E-state index contributed by atoms with van der Waals surface area (Å²) in [7, 11) is 0. The molecule has 2 fully saturated rings. The molecule has 0 aliphatic carbocycles. The first-order chi connectivity index (χ1) is 7.45. The third-order valence-corrected chi connectivity index (χ3v) is 4.06. The van der Waals surface area contributed by atoms with Crippen molar-refractivity contribution < 1.29 is 4.79 Å². The number of rotatable bonds is 2. The molecular weight excluding hydrogens is 200 g/mol. The molecule has 3 unspecified atom stereocenters. The third kappa shape index (κ3) is 1.91. The van der Waals surface area contributed by atoms with E-state index in [0.29, 0.717) is 17.7 Å². The summed E-state index contributed by atoms with van der Waals surface area (Å²) in [6, 6.07) is 0.767. The van der Waals surface area contributed by atoms with Crippen molar-refractivity contribution in [1.29, 1.82) is 0 Å². The van der Waals surface area contributed by atoms with E-state index in [1.54, 1.807) is 0 Å². The molecule has 0 spiro atoms. The number of carbonyl (C=O) groups is 1. The first-order valence-electron chi connectivity index (χ1n) is 6.46. The Hall–Kier alpha value is -0.410. The van der Waals surface area contributed by atoms with Crippen LogP contribution < -0.4 is 5.32 Å². The van der Waals surface area contributed by atoms with Gasteiger partial charge >= 0.3 is 0 Å². The van der Waals surface area contributed by atoms with Gasteiger partial charge in [-0.2, -0.15) is 0 Å². The van der Waals surface area contributed by atoms with Gasteiger partial charge in [-0.05, 0) is 25.4 Å². The Balaban J connectivity index is 2.14. The van der Waals surface area contributed by atoms with Crippen molar-refractivity contribution >= 4 is 5.78 Å². The molecule has 2 heterocycles. The van der Waals surface area contributed by atoms with Crippen LogP contribution in [0.1, 0.15) is 34.1 Å². The van der Waals surface area contributed by atoms with Crippen LogP contribution in [0.15, 0.2) is 0 Å². The molecule has 2 rings (SSSR count). The molecule has 0 aromatic carbocycles. The van der Waals surface area contributed by atoms with Gasteiger partial charge in [0.05, 0.1) is 6.04 Å². The maximum absolute atomic E-state index is 12.4. The molecule has 2 aliphatic rings. The van der Waals surface area contributed by atoms with Crippen molar-refractivity contribution in [2.45, 2.75) is 46.2 Å². The average Bonchev–Trinajstić information content (AvgIpc) is 2.73. The average molecular weight is 224 g/mol. The van der Waals surface area contributed by atoms with E-state index in [0.717, 1.165) is 26.1 Å². The Bertz CT molecular complexity index is 282. The molecule has 16 heavy (non-hydrogen) atoms. The second-order valence-electron chi connectivity index (χ2n) is 6.18. The van der Waals surface area contributed by atoms with E-state index >= 15 is 0 Å². The largest absolute Gasteiger partial charge is 0.315 e. The van der Waals surface area contributed by atoms with E-state index in [1.807, 2.05) is 20.8 Å². The fourth-order valence-electron chi connectivity index (χ4n) is 3.21. The molecule has 2 saturated heterocycles. The Kier molecular flexibility index (Phi) is 3.10. The number of nitrogens with one attached hydrogen (secondary N) is 1. The lowest BCUT2D eigenvalue weighted by Crippen LogP contribution is -2.46. The summed E-state index contributed by atoms with van der Waals surface area (Å²) < 4.78 is 0. The number of carbonyl (C=O) groups excluding carboxylic acids is 1. The molecule has 92 valence electrons. The first-order valence-corrected chi connectivity index (χ1v) is 6.46. The zero-order valence-electron chi connectivity index (χ0n) is 10.9. The highest BCUT2D eigenvalue weighted by Gasteiger charge is 2.47. The molecule has 0 aromatic rings. The summed E-state index contributed by atoms with van der Waals surface area (Å²) in [5, 5.41) is 3.43. The van der Waals surface area contributed by atoms with Gasteiger partial charge in [-0.3, -0.25) is 9.69 Å². The number of hydrogen-bond donors (Lipinski definition) is 1. The normalized spacial score (nSPS) is 35.4. The monoisotopic (exact) mass is 224 g/mol. The second kappa shape index (κ2) is 4.11. The van der Waals surface area contributed by atoms with Crippen molar-refractivity contribution in [2.75, 3.05) is 19.6 Å². The zero-order chi connectivity index (χ0) is 11.9. The summed E-state index contributed by atoms with van der Waals surface area (Å²) in [4.78, 5) is 14.8. The lowest BCUT2D eigenvalue weighted by molar-refractivity contribution is -0.131. The van der Waals surface area contributed by atoms with E-state index in [1.165, 1.54) is 0 Å². The van der Waals surface area contributed by atoms with Gasteiger partial charge in [-0.15, -0.1) is 0 Å². The molecule has 2 aliphatic heterocycles. The predicted molar refractivity (Wildman–Crippen MR) is 65.4 cm³/mol. The van der Waals surface area contributed by atoms with Crippen LogP contribution in [0.2, 0.25) is 0 Å². The van der Waals surface area contributed by atoms with Crippen molar-refractivity contribution in [1.82, 2.24) is 10.2 Å². The van der Waals surface area contributed by atoms with Crippen molar-refractivity contribution in [3.8, 4) is 0 Å². The smallest absolute Gasteiger partial charge is 0.155 e. The standard InChI is InChI=1S/C13H24N2O/c1-5-15-10(12(16)13(2,3)4)6-9-7-14-8-11(9)15/h9-11,14H,5-8H2,1-4H3. The second-order valence-corrected chi connectivity index (χ2v) is 6.18.